The predicted molar refractivity (Wildman–Crippen MR) is 104 cm³/mol. The molecule has 0 bridgehead atoms. The van der Waals surface area contributed by atoms with Crippen LogP contribution >= 0.6 is 11.6 Å². The molecule has 0 atom stereocenters. The quantitative estimate of drug-likeness (QED) is 0.769. The first-order valence-electron chi connectivity index (χ1n) is 8.43. The molecule has 0 saturated carbocycles. The average Bonchev–Trinajstić information content (AvgIpc) is 2.63. The van der Waals surface area contributed by atoms with Gasteiger partial charge in [-0.3, -0.25) is 9.59 Å². The van der Waals surface area contributed by atoms with Crippen molar-refractivity contribution in [3.63, 3.8) is 0 Å². The van der Waals surface area contributed by atoms with Crippen molar-refractivity contribution in [2.45, 2.75) is 19.8 Å². The second-order valence-corrected chi connectivity index (χ2v) is 6.28. The minimum atomic E-state index is -0.113. The summed E-state index contributed by atoms with van der Waals surface area (Å²) in [5, 5.41) is 3.49. The Morgan fingerprint density at radius 3 is 2.31 bits per heavy atom. The standard InChI is InChI=1S/C20H23ClN2O3/c1-15(24)23(18-7-5-17(21)6-8-18)14-12-20(25)22-13-11-16-3-9-19(26-2)10-4-16/h3-10H,11-14H2,1-2H3,(H,22,25). The monoisotopic (exact) mass is 374 g/mol. The van der Waals surface area contributed by atoms with Crippen LogP contribution in [0.15, 0.2) is 48.5 Å². The summed E-state index contributed by atoms with van der Waals surface area (Å²) in [5.41, 5.74) is 1.85. The van der Waals surface area contributed by atoms with Crippen molar-refractivity contribution < 1.29 is 14.3 Å². The summed E-state index contributed by atoms with van der Waals surface area (Å²) >= 11 is 5.87. The Labute approximate surface area is 158 Å². The molecule has 0 aromatic heterocycles. The van der Waals surface area contributed by atoms with Crippen LogP contribution in [0.3, 0.4) is 0 Å². The van der Waals surface area contributed by atoms with Gasteiger partial charge in [-0.05, 0) is 48.4 Å². The first-order valence-corrected chi connectivity index (χ1v) is 8.80. The molecule has 2 rings (SSSR count). The number of amides is 2. The molecule has 6 heteroatoms. The molecule has 2 aromatic carbocycles. The van der Waals surface area contributed by atoms with E-state index in [2.05, 4.69) is 5.32 Å². The molecule has 0 saturated heterocycles. The number of carbonyl (C=O) groups excluding carboxylic acids is 2. The van der Waals surface area contributed by atoms with Gasteiger partial charge in [0.25, 0.3) is 0 Å². The van der Waals surface area contributed by atoms with Crippen LogP contribution in [0.5, 0.6) is 5.75 Å². The Kier molecular flexibility index (Phi) is 7.48. The number of carbonyl (C=O) groups is 2. The van der Waals surface area contributed by atoms with Crippen LogP contribution in [0.4, 0.5) is 5.69 Å². The number of nitrogens with one attached hydrogen (secondary N) is 1. The van der Waals surface area contributed by atoms with E-state index in [0.717, 1.165) is 23.4 Å². The number of nitrogens with zero attached hydrogens (tertiary/aromatic N) is 1. The van der Waals surface area contributed by atoms with E-state index in [9.17, 15) is 9.59 Å². The average molecular weight is 375 g/mol. The highest BCUT2D eigenvalue weighted by Crippen LogP contribution is 2.18. The van der Waals surface area contributed by atoms with E-state index in [4.69, 9.17) is 16.3 Å². The third kappa shape index (κ3) is 6.08. The van der Waals surface area contributed by atoms with Gasteiger partial charge < -0.3 is 15.0 Å². The van der Waals surface area contributed by atoms with E-state index in [1.165, 1.54) is 6.92 Å². The summed E-state index contributed by atoms with van der Waals surface area (Å²) in [5.74, 6) is 0.612. The Balaban J connectivity index is 1.78. The lowest BCUT2D eigenvalue weighted by molar-refractivity contribution is -0.121. The lowest BCUT2D eigenvalue weighted by Crippen LogP contribution is -2.34. The van der Waals surface area contributed by atoms with E-state index in [-0.39, 0.29) is 18.2 Å². The van der Waals surface area contributed by atoms with Gasteiger partial charge >= 0.3 is 0 Å². The fourth-order valence-corrected chi connectivity index (χ4v) is 2.66. The first-order chi connectivity index (χ1) is 12.5. The van der Waals surface area contributed by atoms with E-state index in [0.29, 0.717) is 18.1 Å². The second-order valence-electron chi connectivity index (χ2n) is 5.85. The number of methoxy groups -OCH3 is 1. The molecular formula is C20H23ClN2O3. The van der Waals surface area contributed by atoms with Crippen LogP contribution in [0, 0.1) is 0 Å². The second kappa shape index (κ2) is 9.82. The molecule has 138 valence electrons. The topological polar surface area (TPSA) is 58.6 Å². The van der Waals surface area contributed by atoms with Gasteiger partial charge in [0, 0.05) is 37.1 Å². The highest BCUT2D eigenvalue weighted by atomic mass is 35.5. The van der Waals surface area contributed by atoms with E-state index in [1.807, 2.05) is 24.3 Å². The lowest BCUT2D eigenvalue weighted by atomic mass is 10.1. The lowest BCUT2D eigenvalue weighted by Gasteiger charge is -2.21. The number of benzene rings is 2. The maximum Gasteiger partial charge on any atom is 0.223 e. The van der Waals surface area contributed by atoms with Gasteiger partial charge in [-0.25, -0.2) is 0 Å². The van der Waals surface area contributed by atoms with Crippen LogP contribution in [0.25, 0.3) is 0 Å². The van der Waals surface area contributed by atoms with Gasteiger partial charge in [-0.2, -0.15) is 0 Å². The van der Waals surface area contributed by atoms with Crippen LogP contribution in [-0.4, -0.2) is 32.0 Å². The minimum Gasteiger partial charge on any atom is -0.497 e. The molecule has 0 heterocycles. The third-order valence-electron chi connectivity index (χ3n) is 3.98. The zero-order chi connectivity index (χ0) is 18.9. The highest BCUT2D eigenvalue weighted by Gasteiger charge is 2.13. The van der Waals surface area contributed by atoms with Crippen molar-refractivity contribution >= 4 is 29.1 Å². The molecule has 1 N–H and O–H groups in total. The zero-order valence-electron chi connectivity index (χ0n) is 15.0. The Hall–Kier alpha value is -2.53. The Bertz CT molecular complexity index is 730. The smallest absolute Gasteiger partial charge is 0.223 e. The normalized spacial score (nSPS) is 10.3. The maximum atomic E-state index is 12.1. The Morgan fingerprint density at radius 1 is 1.08 bits per heavy atom. The summed E-state index contributed by atoms with van der Waals surface area (Å²) in [6.45, 7) is 2.35. The van der Waals surface area contributed by atoms with Gasteiger partial charge in [0.2, 0.25) is 11.8 Å². The maximum absolute atomic E-state index is 12.1. The van der Waals surface area contributed by atoms with Crippen molar-refractivity contribution in [2.75, 3.05) is 25.1 Å². The van der Waals surface area contributed by atoms with Gasteiger partial charge in [0.15, 0.2) is 0 Å². The van der Waals surface area contributed by atoms with Crippen molar-refractivity contribution in [3.05, 3.63) is 59.1 Å². The summed E-state index contributed by atoms with van der Waals surface area (Å²) in [6, 6.07) is 14.7. The molecular weight excluding hydrogens is 352 g/mol. The largest absolute Gasteiger partial charge is 0.497 e. The van der Waals surface area contributed by atoms with Crippen LogP contribution < -0.4 is 15.0 Å². The van der Waals surface area contributed by atoms with Gasteiger partial charge in [0.1, 0.15) is 5.75 Å². The first kappa shape index (κ1) is 19.8. The molecule has 0 radical (unpaired) electrons. The molecule has 5 nitrogen and oxygen atoms in total. The van der Waals surface area contributed by atoms with Gasteiger partial charge in [0.05, 0.1) is 7.11 Å². The molecule has 2 amide bonds. The fourth-order valence-electron chi connectivity index (χ4n) is 2.53. The number of rotatable bonds is 8. The molecule has 2 aromatic rings. The summed E-state index contributed by atoms with van der Waals surface area (Å²) in [4.78, 5) is 25.5. The molecule has 0 aliphatic rings. The van der Waals surface area contributed by atoms with Crippen molar-refractivity contribution in [2.24, 2.45) is 0 Å². The minimum absolute atomic E-state index is 0.0845. The molecule has 0 fully saturated rings. The number of hydrogen-bond donors (Lipinski definition) is 1. The van der Waals surface area contributed by atoms with Crippen molar-refractivity contribution in [1.29, 1.82) is 0 Å². The number of hydrogen-bond acceptors (Lipinski definition) is 3. The number of halogens is 1. The van der Waals surface area contributed by atoms with Crippen molar-refractivity contribution in [1.82, 2.24) is 5.32 Å². The summed E-state index contributed by atoms with van der Waals surface area (Å²) < 4.78 is 5.12. The number of ether oxygens (including phenoxy) is 1. The van der Waals surface area contributed by atoms with E-state index < -0.39 is 0 Å². The summed E-state index contributed by atoms with van der Waals surface area (Å²) in [7, 11) is 1.63. The Morgan fingerprint density at radius 2 is 1.73 bits per heavy atom. The number of anilines is 1. The van der Waals surface area contributed by atoms with Gasteiger partial charge in [-0.15, -0.1) is 0 Å². The SMILES string of the molecule is COc1ccc(CCNC(=O)CCN(C(C)=O)c2ccc(Cl)cc2)cc1. The molecule has 0 aliphatic carbocycles. The highest BCUT2D eigenvalue weighted by molar-refractivity contribution is 6.30. The summed E-state index contributed by atoms with van der Waals surface area (Å²) in [6.07, 6.45) is 0.980. The molecule has 0 spiro atoms. The molecule has 0 unspecified atom stereocenters. The van der Waals surface area contributed by atoms with Crippen molar-refractivity contribution in [3.8, 4) is 5.75 Å². The predicted octanol–water partition coefficient (Wildman–Crippen LogP) is 3.45. The van der Waals surface area contributed by atoms with Crippen LogP contribution in [0.1, 0.15) is 18.9 Å². The van der Waals surface area contributed by atoms with E-state index in [1.54, 1.807) is 36.3 Å². The molecule has 0 aliphatic heterocycles. The van der Waals surface area contributed by atoms with Gasteiger partial charge in [-0.1, -0.05) is 23.7 Å². The molecule has 26 heavy (non-hydrogen) atoms. The van der Waals surface area contributed by atoms with Crippen LogP contribution in [0.2, 0.25) is 5.02 Å². The zero-order valence-corrected chi connectivity index (χ0v) is 15.8. The van der Waals surface area contributed by atoms with E-state index >= 15 is 0 Å². The van der Waals surface area contributed by atoms with Crippen LogP contribution in [-0.2, 0) is 16.0 Å². The fraction of sp³-hybridized carbons (Fsp3) is 0.300. The third-order valence-corrected chi connectivity index (χ3v) is 4.23.